The van der Waals surface area contributed by atoms with E-state index in [1.165, 1.54) is 18.2 Å². The Morgan fingerprint density at radius 3 is 2.67 bits per heavy atom. The molecule has 1 aromatic rings. The van der Waals surface area contributed by atoms with Crippen LogP contribution in [0.25, 0.3) is 0 Å². The van der Waals surface area contributed by atoms with Crippen LogP contribution in [0, 0.1) is 0 Å². The molecular formula is C15H19N3O3. The summed E-state index contributed by atoms with van der Waals surface area (Å²) in [7, 11) is 3.00. The Labute approximate surface area is 124 Å². The Balaban J connectivity index is 2.71. The van der Waals surface area contributed by atoms with Crippen LogP contribution in [0.4, 0.5) is 0 Å². The molecular weight excluding hydrogens is 270 g/mol. The molecule has 1 aromatic carbocycles. The number of carbonyl (C=O) groups excluding carboxylic acids is 1. The number of allylic oxidation sites excluding steroid dienone is 2. The maximum absolute atomic E-state index is 12.3. The van der Waals surface area contributed by atoms with Crippen molar-refractivity contribution >= 4 is 17.8 Å². The lowest BCUT2D eigenvalue weighted by Crippen LogP contribution is -2.35. The van der Waals surface area contributed by atoms with Crippen LogP contribution in [0.2, 0.25) is 0 Å². The Bertz CT molecular complexity index is 524. The second kappa shape index (κ2) is 9.30. The highest BCUT2D eigenvalue weighted by atomic mass is 16.6. The number of carbonyl (C=O) groups is 1. The predicted molar refractivity (Wildman–Crippen MR) is 82.0 cm³/mol. The second-order valence-electron chi connectivity index (χ2n) is 4.03. The molecule has 1 amide bonds. The summed E-state index contributed by atoms with van der Waals surface area (Å²) < 4.78 is 0. The van der Waals surface area contributed by atoms with Gasteiger partial charge in [-0.05, 0) is 13.0 Å². The minimum atomic E-state index is -0.315. The molecule has 0 aliphatic carbocycles. The van der Waals surface area contributed by atoms with E-state index < -0.39 is 0 Å². The number of amides is 1. The summed E-state index contributed by atoms with van der Waals surface area (Å²) in [5, 5.41) is 7.48. The van der Waals surface area contributed by atoms with Crippen molar-refractivity contribution in [3.63, 3.8) is 0 Å². The van der Waals surface area contributed by atoms with Crippen LogP contribution in [0.1, 0.15) is 12.5 Å². The number of oxime groups is 2. The van der Waals surface area contributed by atoms with Crippen LogP contribution in [0.15, 0.2) is 52.8 Å². The first-order chi connectivity index (χ1) is 10.2. The van der Waals surface area contributed by atoms with E-state index in [-0.39, 0.29) is 18.3 Å². The van der Waals surface area contributed by atoms with E-state index in [0.29, 0.717) is 5.56 Å². The molecule has 0 aliphatic rings. The SMILES string of the molecule is CC=CC=NOCN(C)C(=O)C(=NOC)c1ccccc1. The maximum Gasteiger partial charge on any atom is 0.278 e. The fourth-order valence-corrected chi connectivity index (χ4v) is 1.43. The third-order valence-corrected chi connectivity index (χ3v) is 2.44. The monoisotopic (exact) mass is 289 g/mol. The van der Waals surface area contributed by atoms with E-state index in [1.807, 2.05) is 31.2 Å². The summed E-state index contributed by atoms with van der Waals surface area (Å²) in [5.41, 5.74) is 0.884. The smallest absolute Gasteiger partial charge is 0.278 e. The van der Waals surface area contributed by atoms with Crippen molar-refractivity contribution in [2.75, 3.05) is 20.9 Å². The largest absolute Gasteiger partial charge is 0.398 e. The van der Waals surface area contributed by atoms with Gasteiger partial charge in [-0.3, -0.25) is 4.79 Å². The van der Waals surface area contributed by atoms with Crippen molar-refractivity contribution in [2.24, 2.45) is 10.3 Å². The molecule has 0 fully saturated rings. The van der Waals surface area contributed by atoms with Crippen LogP contribution in [-0.4, -0.2) is 43.6 Å². The third kappa shape index (κ3) is 5.48. The fraction of sp³-hybridized carbons (Fsp3) is 0.267. The van der Waals surface area contributed by atoms with Gasteiger partial charge in [-0.25, -0.2) is 0 Å². The average Bonchev–Trinajstić information content (AvgIpc) is 2.52. The van der Waals surface area contributed by atoms with Crippen molar-refractivity contribution in [1.29, 1.82) is 0 Å². The third-order valence-electron chi connectivity index (χ3n) is 2.44. The van der Waals surface area contributed by atoms with Crippen LogP contribution >= 0.6 is 0 Å². The van der Waals surface area contributed by atoms with E-state index in [0.717, 1.165) is 0 Å². The molecule has 0 aromatic heterocycles. The zero-order valence-electron chi connectivity index (χ0n) is 12.4. The van der Waals surface area contributed by atoms with Crippen molar-refractivity contribution in [3.8, 4) is 0 Å². The van der Waals surface area contributed by atoms with E-state index in [2.05, 4.69) is 10.3 Å². The second-order valence-corrected chi connectivity index (χ2v) is 4.03. The minimum absolute atomic E-state index is 0.0163. The number of benzene rings is 1. The number of nitrogens with zero attached hydrogens (tertiary/aromatic N) is 3. The van der Waals surface area contributed by atoms with Gasteiger partial charge in [0.25, 0.3) is 5.91 Å². The number of likely N-dealkylation sites (N-methyl/N-ethyl adjacent to an activating group) is 1. The zero-order chi connectivity index (χ0) is 15.5. The summed E-state index contributed by atoms with van der Waals surface area (Å²) >= 11 is 0. The molecule has 6 nitrogen and oxygen atoms in total. The standard InChI is InChI=1S/C15H19N3O3/c1-4-5-11-16-21-12-18(2)15(19)14(17-20-3)13-9-7-6-8-10-13/h4-11H,12H2,1-3H3. The summed E-state index contributed by atoms with van der Waals surface area (Å²) in [6, 6.07) is 9.09. The van der Waals surface area contributed by atoms with Gasteiger partial charge in [0.15, 0.2) is 12.4 Å². The summed E-state index contributed by atoms with van der Waals surface area (Å²) in [4.78, 5) is 23.4. The molecule has 0 N–H and O–H groups in total. The van der Waals surface area contributed by atoms with Crippen molar-refractivity contribution < 1.29 is 14.5 Å². The Kier molecular flexibility index (Phi) is 7.28. The van der Waals surface area contributed by atoms with Gasteiger partial charge in [-0.15, -0.1) is 0 Å². The summed E-state index contributed by atoms with van der Waals surface area (Å²) in [6.07, 6.45) is 5.05. The van der Waals surface area contributed by atoms with E-state index in [4.69, 9.17) is 9.68 Å². The van der Waals surface area contributed by atoms with Crippen molar-refractivity contribution in [1.82, 2.24) is 4.90 Å². The number of hydrogen-bond donors (Lipinski definition) is 0. The lowest BCUT2D eigenvalue weighted by atomic mass is 10.1. The molecule has 0 heterocycles. The molecule has 0 saturated carbocycles. The lowest BCUT2D eigenvalue weighted by molar-refractivity contribution is -0.127. The van der Waals surface area contributed by atoms with Gasteiger partial charge >= 0.3 is 0 Å². The van der Waals surface area contributed by atoms with Crippen LogP contribution < -0.4 is 0 Å². The summed E-state index contributed by atoms with van der Waals surface area (Å²) in [6.45, 7) is 1.89. The van der Waals surface area contributed by atoms with Crippen molar-refractivity contribution in [2.45, 2.75) is 6.92 Å². The molecule has 1 rings (SSSR count). The maximum atomic E-state index is 12.3. The predicted octanol–water partition coefficient (Wildman–Crippen LogP) is 2.03. The first-order valence-electron chi connectivity index (χ1n) is 6.39. The van der Waals surface area contributed by atoms with Gasteiger partial charge in [0.1, 0.15) is 7.11 Å². The average molecular weight is 289 g/mol. The molecule has 0 bridgehead atoms. The van der Waals surface area contributed by atoms with Gasteiger partial charge in [-0.2, -0.15) is 0 Å². The van der Waals surface area contributed by atoms with Crippen LogP contribution in [0.5, 0.6) is 0 Å². The molecule has 0 aliphatic heterocycles. The first-order valence-corrected chi connectivity index (χ1v) is 6.39. The molecule has 0 atom stereocenters. The molecule has 0 radical (unpaired) electrons. The van der Waals surface area contributed by atoms with Gasteiger partial charge in [0, 0.05) is 12.6 Å². The zero-order valence-corrected chi connectivity index (χ0v) is 12.4. The molecule has 21 heavy (non-hydrogen) atoms. The minimum Gasteiger partial charge on any atom is -0.398 e. The van der Waals surface area contributed by atoms with E-state index in [1.54, 1.807) is 25.3 Å². The van der Waals surface area contributed by atoms with Gasteiger partial charge in [-0.1, -0.05) is 46.7 Å². The number of rotatable bonds is 7. The van der Waals surface area contributed by atoms with Crippen LogP contribution in [0.3, 0.4) is 0 Å². The highest BCUT2D eigenvalue weighted by Crippen LogP contribution is 2.05. The van der Waals surface area contributed by atoms with Crippen LogP contribution in [-0.2, 0) is 14.5 Å². The van der Waals surface area contributed by atoms with Crippen molar-refractivity contribution in [3.05, 3.63) is 48.0 Å². The molecule has 0 unspecified atom stereocenters. The normalized spacial score (nSPS) is 11.9. The molecule has 0 saturated heterocycles. The lowest BCUT2D eigenvalue weighted by Gasteiger charge is -2.16. The Morgan fingerprint density at radius 2 is 2.05 bits per heavy atom. The molecule has 0 spiro atoms. The highest BCUT2D eigenvalue weighted by molar-refractivity contribution is 6.45. The Morgan fingerprint density at radius 1 is 1.33 bits per heavy atom. The van der Waals surface area contributed by atoms with Gasteiger partial charge < -0.3 is 14.6 Å². The summed E-state index contributed by atoms with van der Waals surface area (Å²) in [5.74, 6) is -0.315. The van der Waals surface area contributed by atoms with Gasteiger partial charge in [0.2, 0.25) is 0 Å². The molecule has 6 heteroatoms. The quantitative estimate of drug-likeness (QED) is 0.438. The topological polar surface area (TPSA) is 63.5 Å². The highest BCUT2D eigenvalue weighted by Gasteiger charge is 2.19. The number of hydrogen-bond acceptors (Lipinski definition) is 5. The Hall–Kier alpha value is -2.63. The van der Waals surface area contributed by atoms with Gasteiger partial charge in [0.05, 0.1) is 6.21 Å². The van der Waals surface area contributed by atoms with E-state index in [9.17, 15) is 4.79 Å². The van der Waals surface area contributed by atoms with E-state index >= 15 is 0 Å². The molecule has 112 valence electrons. The fourth-order valence-electron chi connectivity index (χ4n) is 1.43. The first kappa shape index (κ1) is 16.4.